The zero-order valence-electron chi connectivity index (χ0n) is 15.3. The summed E-state index contributed by atoms with van der Waals surface area (Å²) in [5, 5.41) is 10.4. The van der Waals surface area contributed by atoms with Crippen LogP contribution in [0.15, 0.2) is 54.2 Å². The van der Waals surface area contributed by atoms with Gasteiger partial charge in [-0.3, -0.25) is 4.90 Å². The smallest absolute Gasteiger partial charge is 0.0690 e. The molecule has 4 rings (SSSR count). The zero-order chi connectivity index (χ0) is 17.8. The van der Waals surface area contributed by atoms with Gasteiger partial charge in [-0.15, -0.1) is 11.3 Å². The molecule has 0 spiro atoms. The van der Waals surface area contributed by atoms with Crippen molar-refractivity contribution in [3.8, 4) is 5.69 Å². The van der Waals surface area contributed by atoms with Gasteiger partial charge < -0.3 is 5.32 Å². The second kappa shape index (κ2) is 8.16. The van der Waals surface area contributed by atoms with E-state index in [0.717, 1.165) is 13.1 Å². The molecule has 1 aliphatic rings. The Balaban J connectivity index is 1.33. The first-order valence-corrected chi connectivity index (χ1v) is 10.2. The number of likely N-dealkylation sites (tertiary alicyclic amines) is 1. The Hall–Kier alpha value is -1.95. The van der Waals surface area contributed by atoms with Crippen LogP contribution in [0.3, 0.4) is 0 Å². The highest BCUT2D eigenvalue weighted by molar-refractivity contribution is 7.09. The van der Waals surface area contributed by atoms with Crippen LogP contribution >= 0.6 is 11.3 Å². The van der Waals surface area contributed by atoms with E-state index in [1.54, 1.807) is 0 Å². The number of benzene rings is 1. The number of hydrogen-bond acceptors (Lipinski definition) is 4. The van der Waals surface area contributed by atoms with Crippen LogP contribution in [0.5, 0.6) is 0 Å². The summed E-state index contributed by atoms with van der Waals surface area (Å²) >= 11 is 1.86. The van der Waals surface area contributed by atoms with Gasteiger partial charge in [0.05, 0.1) is 5.69 Å². The van der Waals surface area contributed by atoms with Gasteiger partial charge >= 0.3 is 0 Å². The first-order valence-electron chi connectivity index (χ1n) is 9.35. The third kappa shape index (κ3) is 4.23. The highest BCUT2D eigenvalue weighted by Gasteiger charge is 2.19. The Labute approximate surface area is 159 Å². The Morgan fingerprint density at radius 3 is 2.81 bits per heavy atom. The molecule has 3 aromatic rings. The predicted molar refractivity (Wildman–Crippen MR) is 108 cm³/mol. The molecule has 5 heteroatoms. The topological polar surface area (TPSA) is 33.1 Å². The summed E-state index contributed by atoms with van der Waals surface area (Å²) in [7, 11) is 0. The van der Waals surface area contributed by atoms with Crippen LogP contribution in [0, 0.1) is 6.92 Å². The minimum atomic E-state index is 0.598. The minimum absolute atomic E-state index is 0.598. The molecular formula is C21H26N4S. The van der Waals surface area contributed by atoms with Crippen LogP contribution in [0.1, 0.15) is 28.8 Å². The van der Waals surface area contributed by atoms with Gasteiger partial charge in [-0.1, -0.05) is 23.8 Å². The predicted octanol–water partition coefficient (Wildman–Crippen LogP) is 4.00. The molecule has 1 saturated heterocycles. The summed E-state index contributed by atoms with van der Waals surface area (Å²) in [6, 6.07) is 13.6. The lowest BCUT2D eigenvalue weighted by Crippen LogP contribution is -2.41. The molecule has 2 aromatic heterocycles. The summed E-state index contributed by atoms with van der Waals surface area (Å²) in [6.45, 7) is 6.50. The second-order valence-corrected chi connectivity index (χ2v) is 8.13. The van der Waals surface area contributed by atoms with E-state index in [1.165, 1.54) is 47.6 Å². The summed E-state index contributed by atoms with van der Waals surface area (Å²) < 4.78 is 1.96. The normalized spacial score (nSPS) is 16.2. The monoisotopic (exact) mass is 366 g/mol. The molecular weight excluding hydrogens is 340 g/mol. The van der Waals surface area contributed by atoms with E-state index in [9.17, 15) is 0 Å². The van der Waals surface area contributed by atoms with Crippen LogP contribution in [-0.4, -0.2) is 33.8 Å². The van der Waals surface area contributed by atoms with Crippen LogP contribution in [-0.2, 0) is 13.1 Å². The van der Waals surface area contributed by atoms with Crippen molar-refractivity contribution in [2.24, 2.45) is 0 Å². The zero-order valence-corrected chi connectivity index (χ0v) is 16.1. The van der Waals surface area contributed by atoms with Gasteiger partial charge in [0.2, 0.25) is 0 Å². The molecule has 1 aromatic carbocycles. The maximum Gasteiger partial charge on any atom is 0.0690 e. The van der Waals surface area contributed by atoms with E-state index in [4.69, 9.17) is 0 Å². The average Bonchev–Trinajstić information content (AvgIpc) is 3.35. The molecule has 4 nitrogen and oxygen atoms in total. The fourth-order valence-electron chi connectivity index (χ4n) is 3.66. The maximum atomic E-state index is 4.40. The lowest BCUT2D eigenvalue weighted by molar-refractivity contribution is 0.191. The van der Waals surface area contributed by atoms with Crippen molar-refractivity contribution in [1.29, 1.82) is 0 Å². The van der Waals surface area contributed by atoms with E-state index >= 15 is 0 Å². The average molecular weight is 367 g/mol. The van der Waals surface area contributed by atoms with Gasteiger partial charge in [-0.2, -0.15) is 5.10 Å². The SMILES string of the molecule is Cc1ccc(-n2cccn2)c(CNC2CCN(Cc3cccs3)CC2)c1. The standard InChI is InChI=1S/C21H26N4S/c1-17-5-6-21(25-10-3-9-23-25)18(14-17)15-22-19-7-11-24(12-8-19)16-20-4-2-13-26-20/h2-6,9-10,13-14,19,22H,7-8,11-12,15-16H2,1H3. The molecule has 0 radical (unpaired) electrons. The lowest BCUT2D eigenvalue weighted by atomic mass is 10.0. The summed E-state index contributed by atoms with van der Waals surface area (Å²) in [5.41, 5.74) is 3.78. The van der Waals surface area contributed by atoms with Crippen molar-refractivity contribution in [2.45, 2.75) is 38.9 Å². The van der Waals surface area contributed by atoms with E-state index in [1.807, 2.05) is 34.5 Å². The van der Waals surface area contributed by atoms with Crippen molar-refractivity contribution in [3.63, 3.8) is 0 Å². The molecule has 1 aliphatic heterocycles. The fraction of sp³-hybridized carbons (Fsp3) is 0.381. The van der Waals surface area contributed by atoms with Gasteiger partial charge in [0.25, 0.3) is 0 Å². The highest BCUT2D eigenvalue weighted by atomic mass is 32.1. The Morgan fingerprint density at radius 2 is 2.08 bits per heavy atom. The molecule has 0 amide bonds. The molecule has 3 heterocycles. The Bertz CT molecular complexity index is 803. The molecule has 136 valence electrons. The summed E-state index contributed by atoms with van der Waals surface area (Å²) in [4.78, 5) is 4.05. The van der Waals surface area contributed by atoms with E-state index < -0.39 is 0 Å². The summed E-state index contributed by atoms with van der Waals surface area (Å²) in [6.07, 6.45) is 6.28. The fourth-order valence-corrected chi connectivity index (χ4v) is 4.41. The minimum Gasteiger partial charge on any atom is -0.310 e. The third-order valence-corrected chi connectivity index (χ3v) is 5.98. The molecule has 0 bridgehead atoms. The largest absolute Gasteiger partial charge is 0.310 e. The molecule has 1 N–H and O–H groups in total. The van der Waals surface area contributed by atoms with Crippen LogP contribution in [0.4, 0.5) is 0 Å². The van der Waals surface area contributed by atoms with Gasteiger partial charge in [0.15, 0.2) is 0 Å². The van der Waals surface area contributed by atoms with Crippen LogP contribution in [0.2, 0.25) is 0 Å². The molecule has 0 aliphatic carbocycles. The van der Waals surface area contributed by atoms with Crippen molar-refractivity contribution < 1.29 is 0 Å². The van der Waals surface area contributed by atoms with Crippen molar-refractivity contribution >= 4 is 11.3 Å². The first-order chi connectivity index (χ1) is 12.8. The lowest BCUT2D eigenvalue weighted by Gasteiger charge is -2.32. The molecule has 0 atom stereocenters. The number of hydrogen-bond donors (Lipinski definition) is 1. The van der Waals surface area contributed by atoms with Crippen molar-refractivity contribution in [2.75, 3.05) is 13.1 Å². The van der Waals surface area contributed by atoms with E-state index in [-0.39, 0.29) is 0 Å². The number of aryl methyl sites for hydroxylation is 1. The van der Waals surface area contributed by atoms with Crippen LogP contribution < -0.4 is 5.32 Å². The van der Waals surface area contributed by atoms with Crippen LogP contribution in [0.25, 0.3) is 5.69 Å². The number of piperidine rings is 1. The molecule has 0 saturated carbocycles. The van der Waals surface area contributed by atoms with Gasteiger partial charge in [0, 0.05) is 36.4 Å². The maximum absolute atomic E-state index is 4.40. The Morgan fingerprint density at radius 1 is 1.19 bits per heavy atom. The Kier molecular flexibility index (Phi) is 5.48. The first kappa shape index (κ1) is 17.5. The summed E-state index contributed by atoms with van der Waals surface area (Å²) in [5.74, 6) is 0. The van der Waals surface area contributed by atoms with Gasteiger partial charge in [-0.05, 0) is 62.0 Å². The van der Waals surface area contributed by atoms with E-state index in [2.05, 4.69) is 58.0 Å². The van der Waals surface area contributed by atoms with Gasteiger partial charge in [0.1, 0.15) is 0 Å². The van der Waals surface area contributed by atoms with E-state index in [0.29, 0.717) is 6.04 Å². The number of nitrogens with zero attached hydrogens (tertiary/aromatic N) is 3. The van der Waals surface area contributed by atoms with Crippen molar-refractivity contribution in [1.82, 2.24) is 20.0 Å². The number of rotatable bonds is 6. The molecule has 0 unspecified atom stereocenters. The molecule has 26 heavy (non-hydrogen) atoms. The highest BCUT2D eigenvalue weighted by Crippen LogP contribution is 2.19. The van der Waals surface area contributed by atoms with Crippen molar-refractivity contribution in [3.05, 3.63) is 70.2 Å². The number of thiophene rings is 1. The quantitative estimate of drug-likeness (QED) is 0.716. The third-order valence-electron chi connectivity index (χ3n) is 5.11. The molecule has 1 fully saturated rings. The number of nitrogens with one attached hydrogen (secondary N) is 1. The number of aromatic nitrogens is 2. The second-order valence-electron chi connectivity index (χ2n) is 7.09. The van der Waals surface area contributed by atoms with Gasteiger partial charge in [-0.25, -0.2) is 4.68 Å².